The number of rotatable bonds is 6. The van der Waals surface area contributed by atoms with Crippen LogP contribution in [0.25, 0.3) is 0 Å². The lowest BCUT2D eigenvalue weighted by atomic mass is 10.1. The van der Waals surface area contributed by atoms with E-state index in [0.717, 1.165) is 40.9 Å². The molecule has 3 nitrogen and oxygen atoms in total. The number of ether oxygens (including phenoxy) is 1. The SMILES string of the molecule is CCN(C)C=NC1=C(C)CCC=C(OCc2ccc(Cl)c(Cl)c2)C(Br)=C1. The summed E-state index contributed by atoms with van der Waals surface area (Å²) in [6.45, 7) is 5.55. The van der Waals surface area contributed by atoms with E-state index < -0.39 is 0 Å². The Balaban J connectivity index is 2.13. The van der Waals surface area contributed by atoms with Gasteiger partial charge in [-0.3, -0.25) is 0 Å². The molecule has 0 unspecified atom stereocenters. The Morgan fingerprint density at radius 2 is 2.08 bits per heavy atom. The van der Waals surface area contributed by atoms with Crippen molar-refractivity contribution in [3.8, 4) is 0 Å². The fourth-order valence-electron chi connectivity index (χ4n) is 2.27. The molecule has 1 aromatic rings. The second kappa shape index (κ2) is 10.2. The third kappa shape index (κ3) is 6.19. The summed E-state index contributed by atoms with van der Waals surface area (Å²) in [5, 5.41) is 1.08. The highest BCUT2D eigenvalue weighted by Crippen LogP contribution is 2.29. The van der Waals surface area contributed by atoms with Gasteiger partial charge in [0.15, 0.2) is 0 Å². The predicted octanol–water partition coefficient (Wildman–Crippen LogP) is 6.72. The molecule has 1 aromatic carbocycles. The van der Waals surface area contributed by atoms with Crippen LogP contribution in [0.3, 0.4) is 0 Å². The van der Waals surface area contributed by atoms with Crippen LogP contribution in [0.2, 0.25) is 10.0 Å². The van der Waals surface area contributed by atoms with Gasteiger partial charge >= 0.3 is 0 Å². The smallest absolute Gasteiger partial charge is 0.130 e. The minimum Gasteiger partial charge on any atom is -0.488 e. The molecular weight excluding hydrogens is 435 g/mol. The second-order valence-electron chi connectivity index (χ2n) is 6.12. The predicted molar refractivity (Wildman–Crippen MR) is 115 cm³/mol. The first kappa shape index (κ1) is 21.1. The van der Waals surface area contributed by atoms with Gasteiger partial charge in [0.2, 0.25) is 0 Å². The number of halogens is 3. The first-order chi connectivity index (χ1) is 12.4. The molecule has 0 radical (unpaired) electrons. The summed E-state index contributed by atoms with van der Waals surface area (Å²) < 4.78 is 6.88. The summed E-state index contributed by atoms with van der Waals surface area (Å²) in [5.74, 6) is 0.806. The molecule has 0 amide bonds. The first-order valence-corrected chi connectivity index (χ1v) is 10.0. The van der Waals surface area contributed by atoms with Crippen molar-refractivity contribution in [1.82, 2.24) is 4.90 Å². The molecule has 1 aliphatic rings. The van der Waals surface area contributed by atoms with Crippen LogP contribution in [0.1, 0.15) is 32.3 Å². The van der Waals surface area contributed by atoms with E-state index in [4.69, 9.17) is 27.9 Å². The summed E-state index contributed by atoms with van der Waals surface area (Å²) in [5.41, 5.74) is 3.18. The summed E-state index contributed by atoms with van der Waals surface area (Å²) in [6, 6.07) is 5.52. The zero-order chi connectivity index (χ0) is 19.1. The molecule has 0 atom stereocenters. The zero-order valence-electron chi connectivity index (χ0n) is 15.2. The molecular formula is C20H23BrCl2N2O. The van der Waals surface area contributed by atoms with E-state index in [9.17, 15) is 0 Å². The molecule has 6 heteroatoms. The lowest BCUT2D eigenvalue weighted by molar-refractivity contribution is 0.209. The lowest BCUT2D eigenvalue weighted by Crippen LogP contribution is -2.14. The highest BCUT2D eigenvalue weighted by molar-refractivity contribution is 9.12. The maximum atomic E-state index is 6.07. The van der Waals surface area contributed by atoms with Gasteiger partial charge in [0.05, 0.1) is 26.6 Å². The molecule has 0 aliphatic heterocycles. The third-order valence-corrected chi connectivity index (χ3v) is 5.41. The molecule has 0 fully saturated rings. The highest BCUT2D eigenvalue weighted by atomic mass is 79.9. The van der Waals surface area contributed by atoms with Crippen molar-refractivity contribution in [2.24, 2.45) is 4.99 Å². The van der Waals surface area contributed by atoms with Crippen LogP contribution in [-0.4, -0.2) is 24.8 Å². The summed E-state index contributed by atoms with van der Waals surface area (Å²) >= 11 is 15.7. The van der Waals surface area contributed by atoms with Crippen LogP contribution in [-0.2, 0) is 11.3 Å². The fourth-order valence-corrected chi connectivity index (χ4v) is 3.08. The normalized spacial score (nSPS) is 15.5. The van der Waals surface area contributed by atoms with Crippen LogP contribution < -0.4 is 0 Å². The van der Waals surface area contributed by atoms with Gasteiger partial charge in [-0.15, -0.1) is 0 Å². The van der Waals surface area contributed by atoms with E-state index >= 15 is 0 Å². The molecule has 26 heavy (non-hydrogen) atoms. The van der Waals surface area contributed by atoms with Crippen molar-refractivity contribution in [3.63, 3.8) is 0 Å². The van der Waals surface area contributed by atoms with Crippen LogP contribution in [0, 0.1) is 0 Å². The molecule has 0 aromatic heterocycles. The Labute approximate surface area is 174 Å². The van der Waals surface area contributed by atoms with E-state index in [1.165, 1.54) is 5.57 Å². The monoisotopic (exact) mass is 456 g/mol. The highest BCUT2D eigenvalue weighted by Gasteiger charge is 2.11. The van der Waals surface area contributed by atoms with Crippen molar-refractivity contribution in [3.05, 3.63) is 67.5 Å². The maximum absolute atomic E-state index is 6.07. The maximum Gasteiger partial charge on any atom is 0.130 e. The fraction of sp³-hybridized carbons (Fsp3) is 0.350. The molecule has 0 saturated heterocycles. The van der Waals surface area contributed by atoms with Gasteiger partial charge in [-0.25, -0.2) is 4.99 Å². The minimum atomic E-state index is 0.422. The molecule has 0 heterocycles. The molecule has 0 bridgehead atoms. The standard InChI is InChI=1S/C20H23BrCl2N2O/c1-4-25(3)13-24-19-11-16(21)20(7-5-6-14(19)2)26-12-15-8-9-17(22)18(23)10-15/h7-11,13H,4-6,12H2,1-3H3. The van der Waals surface area contributed by atoms with Gasteiger partial charge in [0, 0.05) is 13.6 Å². The lowest BCUT2D eigenvalue weighted by Gasteiger charge is -2.15. The molecule has 2 rings (SSSR count). The van der Waals surface area contributed by atoms with E-state index in [1.807, 2.05) is 36.5 Å². The number of benzene rings is 1. The van der Waals surface area contributed by atoms with Crippen molar-refractivity contribution >= 4 is 45.5 Å². The summed E-state index contributed by atoms with van der Waals surface area (Å²) in [7, 11) is 2.01. The number of aliphatic imine (C=N–C) groups is 1. The van der Waals surface area contributed by atoms with Crippen molar-refractivity contribution in [2.45, 2.75) is 33.3 Å². The van der Waals surface area contributed by atoms with E-state index in [1.54, 1.807) is 6.07 Å². The average Bonchev–Trinajstić information content (AvgIpc) is 2.62. The number of hydrogen-bond donors (Lipinski definition) is 0. The van der Waals surface area contributed by atoms with Crippen LogP contribution >= 0.6 is 39.1 Å². The number of hydrogen-bond acceptors (Lipinski definition) is 2. The van der Waals surface area contributed by atoms with Crippen molar-refractivity contribution < 1.29 is 4.74 Å². The van der Waals surface area contributed by atoms with Gasteiger partial charge in [-0.1, -0.05) is 29.3 Å². The topological polar surface area (TPSA) is 24.8 Å². The second-order valence-corrected chi connectivity index (χ2v) is 7.79. The third-order valence-electron chi connectivity index (χ3n) is 4.06. The van der Waals surface area contributed by atoms with E-state index in [-0.39, 0.29) is 0 Å². The van der Waals surface area contributed by atoms with E-state index in [0.29, 0.717) is 16.7 Å². The Kier molecular flexibility index (Phi) is 8.26. The average molecular weight is 458 g/mol. The van der Waals surface area contributed by atoms with Gasteiger partial charge in [0.1, 0.15) is 12.4 Å². The zero-order valence-corrected chi connectivity index (χ0v) is 18.3. The Morgan fingerprint density at radius 1 is 1.31 bits per heavy atom. The van der Waals surface area contributed by atoms with Crippen molar-refractivity contribution in [1.29, 1.82) is 0 Å². The Morgan fingerprint density at radius 3 is 2.77 bits per heavy atom. The summed E-state index contributed by atoms with van der Waals surface area (Å²) in [4.78, 5) is 6.66. The summed E-state index contributed by atoms with van der Waals surface area (Å²) in [6.07, 6.45) is 7.81. The van der Waals surface area contributed by atoms with Gasteiger partial charge in [-0.2, -0.15) is 0 Å². The van der Waals surface area contributed by atoms with Gasteiger partial charge < -0.3 is 9.64 Å². The van der Waals surface area contributed by atoms with E-state index in [2.05, 4.69) is 40.8 Å². The molecule has 140 valence electrons. The van der Waals surface area contributed by atoms with Gasteiger partial charge in [0.25, 0.3) is 0 Å². The Bertz CT molecular complexity index is 769. The van der Waals surface area contributed by atoms with Gasteiger partial charge in [-0.05, 0) is 78.0 Å². The minimum absolute atomic E-state index is 0.422. The van der Waals surface area contributed by atoms with Crippen LogP contribution in [0.5, 0.6) is 0 Å². The molecule has 0 N–H and O–H groups in total. The van der Waals surface area contributed by atoms with Crippen LogP contribution in [0.4, 0.5) is 0 Å². The largest absolute Gasteiger partial charge is 0.488 e. The molecule has 0 saturated carbocycles. The Hall–Kier alpha value is -1.23. The number of nitrogens with zero attached hydrogens (tertiary/aromatic N) is 2. The van der Waals surface area contributed by atoms with Crippen molar-refractivity contribution in [2.75, 3.05) is 13.6 Å². The first-order valence-electron chi connectivity index (χ1n) is 8.49. The number of allylic oxidation sites excluding steroid dienone is 4. The van der Waals surface area contributed by atoms with Crippen LogP contribution in [0.15, 0.2) is 56.9 Å². The molecule has 1 aliphatic carbocycles. The quantitative estimate of drug-likeness (QED) is 0.349. The molecule has 0 spiro atoms.